The van der Waals surface area contributed by atoms with Gasteiger partial charge in [0.1, 0.15) is 5.69 Å². The molecule has 1 atom stereocenters. The Kier molecular flexibility index (Phi) is 4.92. The lowest BCUT2D eigenvalue weighted by Crippen LogP contribution is -2.39. The third-order valence-corrected chi connectivity index (χ3v) is 3.84. The number of aryl methyl sites for hydroxylation is 1. The molecule has 23 heavy (non-hydrogen) atoms. The summed E-state index contributed by atoms with van der Waals surface area (Å²) < 4.78 is 10.7. The topological polar surface area (TPSA) is 76.4 Å². The van der Waals surface area contributed by atoms with Crippen LogP contribution in [0.2, 0.25) is 0 Å². The Labute approximate surface area is 135 Å². The highest BCUT2D eigenvalue weighted by Crippen LogP contribution is 2.19. The summed E-state index contributed by atoms with van der Waals surface area (Å²) in [6.45, 7) is 3.66. The van der Waals surface area contributed by atoms with Crippen molar-refractivity contribution in [3.05, 3.63) is 41.7 Å². The highest BCUT2D eigenvalue weighted by Gasteiger charge is 2.16. The van der Waals surface area contributed by atoms with Crippen molar-refractivity contribution in [2.24, 2.45) is 0 Å². The second-order valence-corrected chi connectivity index (χ2v) is 5.74. The molecule has 0 aliphatic carbocycles. The Morgan fingerprint density at radius 2 is 2.13 bits per heavy atom. The molecule has 0 radical (unpaired) electrons. The highest BCUT2D eigenvalue weighted by atomic mass is 16.5. The molecular formula is C17H21N3O3. The standard InChI is InChI=1S/C17H21N3O3/c1-12-4-6-13(7-5-12)16-9-15(23-20-16)11-19-17(21)18-10-14-3-2-8-22-14/h4-7,9,14H,2-3,8,10-11H2,1H3,(H2,18,19,21)/t14-/m1/s1. The van der Waals surface area contributed by atoms with Crippen LogP contribution in [0.25, 0.3) is 11.3 Å². The third kappa shape index (κ3) is 4.32. The number of benzene rings is 1. The Morgan fingerprint density at radius 1 is 1.30 bits per heavy atom. The predicted molar refractivity (Wildman–Crippen MR) is 85.9 cm³/mol. The van der Waals surface area contributed by atoms with E-state index in [0.717, 1.165) is 30.7 Å². The zero-order valence-corrected chi connectivity index (χ0v) is 13.2. The van der Waals surface area contributed by atoms with Crippen LogP contribution in [0.4, 0.5) is 4.79 Å². The summed E-state index contributed by atoms with van der Waals surface area (Å²) in [6, 6.07) is 9.66. The minimum absolute atomic E-state index is 0.138. The van der Waals surface area contributed by atoms with Crippen LogP contribution in [0, 0.1) is 6.92 Å². The molecule has 0 spiro atoms. The van der Waals surface area contributed by atoms with Gasteiger partial charge in [-0.3, -0.25) is 0 Å². The Hall–Kier alpha value is -2.34. The number of carbonyl (C=O) groups excluding carboxylic acids is 1. The van der Waals surface area contributed by atoms with Gasteiger partial charge >= 0.3 is 6.03 Å². The number of amides is 2. The number of rotatable bonds is 5. The van der Waals surface area contributed by atoms with Gasteiger partial charge in [0.05, 0.1) is 12.6 Å². The van der Waals surface area contributed by atoms with Gasteiger partial charge in [0.25, 0.3) is 0 Å². The van der Waals surface area contributed by atoms with Crippen molar-refractivity contribution in [2.75, 3.05) is 13.2 Å². The normalized spacial score (nSPS) is 17.2. The number of urea groups is 1. The average molecular weight is 315 g/mol. The number of aromatic nitrogens is 1. The zero-order chi connectivity index (χ0) is 16.1. The van der Waals surface area contributed by atoms with Crippen LogP contribution in [-0.4, -0.2) is 30.4 Å². The van der Waals surface area contributed by atoms with E-state index in [1.807, 2.05) is 37.3 Å². The lowest BCUT2D eigenvalue weighted by atomic mass is 10.1. The van der Waals surface area contributed by atoms with Gasteiger partial charge in [-0.05, 0) is 19.8 Å². The van der Waals surface area contributed by atoms with E-state index in [2.05, 4.69) is 15.8 Å². The van der Waals surface area contributed by atoms with Crippen molar-refractivity contribution < 1.29 is 14.1 Å². The van der Waals surface area contributed by atoms with E-state index >= 15 is 0 Å². The van der Waals surface area contributed by atoms with Gasteiger partial charge in [-0.2, -0.15) is 0 Å². The summed E-state index contributed by atoms with van der Waals surface area (Å²) in [5.41, 5.74) is 2.96. The molecule has 2 N–H and O–H groups in total. The van der Waals surface area contributed by atoms with Gasteiger partial charge in [0, 0.05) is 24.8 Å². The molecule has 122 valence electrons. The number of carbonyl (C=O) groups is 1. The lowest BCUT2D eigenvalue weighted by Gasteiger charge is -2.10. The van der Waals surface area contributed by atoms with Crippen molar-refractivity contribution in [1.29, 1.82) is 0 Å². The van der Waals surface area contributed by atoms with Crippen LogP contribution in [0.5, 0.6) is 0 Å². The predicted octanol–water partition coefficient (Wildman–Crippen LogP) is 2.63. The van der Waals surface area contributed by atoms with Crippen LogP contribution < -0.4 is 10.6 Å². The van der Waals surface area contributed by atoms with Crippen LogP contribution in [-0.2, 0) is 11.3 Å². The summed E-state index contributed by atoms with van der Waals surface area (Å²) in [7, 11) is 0. The van der Waals surface area contributed by atoms with Crippen LogP contribution in [0.15, 0.2) is 34.9 Å². The lowest BCUT2D eigenvalue weighted by molar-refractivity contribution is 0.111. The van der Waals surface area contributed by atoms with E-state index < -0.39 is 0 Å². The molecule has 1 aromatic carbocycles. The molecule has 0 unspecified atom stereocenters. The fourth-order valence-corrected chi connectivity index (χ4v) is 2.50. The van der Waals surface area contributed by atoms with E-state index in [0.29, 0.717) is 18.8 Å². The molecule has 6 nitrogen and oxygen atoms in total. The van der Waals surface area contributed by atoms with E-state index in [-0.39, 0.29) is 12.1 Å². The maximum atomic E-state index is 11.7. The molecule has 1 aromatic heterocycles. The second kappa shape index (κ2) is 7.28. The summed E-state index contributed by atoms with van der Waals surface area (Å²) in [6.07, 6.45) is 2.20. The largest absolute Gasteiger partial charge is 0.376 e. The molecule has 0 saturated carbocycles. The summed E-state index contributed by atoms with van der Waals surface area (Å²) in [5.74, 6) is 0.618. The molecule has 1 saturated heterocycles. The average Bonchev–Trinajstić information content (AvgIpc) is 3.23. The van der Waals surface area contributed by atoms with Crippen LogP contribution >= 0.6 is 0 Å². The third-order valence-electron chi connectivity index (χ3n) is 3.84. The fourth-order valence-electron chi connectivity index (χ4n) is 2.50. The Balaban J connectivity index is 1.47. The van der Waals surface area contributed by atoms with E-state index in [9.17, 15) is 4.79 Å². The molecular weight excluding hydrogens is 294 g/mol. The van der Waals surface area contributed by atoms with Crippen molar-refractivity contribution in [3.8, 4) is 11.3 Å². The van der Waals surface area contributed by atoms with Crippen LogP contribution in [0.3, 0.4) is 0 Å². The number of ether oxygens (including phenoxy) is 1. The van der Waals surface area contributed by atoms with E-state index in [1.165, 1.54) is 5.56 Å². The quantitative estimate of drug-likeness (QED) is 0.889. The molecule has 6 heteroatoms. The van der Waals surface area contributed by atoms with Gasteiger partial charge in [0.2, 0.25) is 0 Å². The molecule has 1 aliphatic heterocycles. The van der Waals surface area contributed by atoms with Crippen LogP contribution in [0.1, 0.15) is 24.2 Å². The smallest absolute Gasteiger partial charge is 0.315 e. The number of nitrogens with zero attached hydrogens (tertiary/aromatic N) is 1. The van der Waals surface area contributed by atoms with Crippen molar-refractivity contribution >= 4 is 6.03 Å². The molecule has 3 rings (SSSR count). The zero-order valence-electron chi connectivity index (χ0n) is 13.2. The van der Waals surface area contributed by atoms with Gasteiger partial charge in [0.15, 0.2) is 5.76 Å². The summed E-state index contributed by atoms with van der Waals surface area (Å²) >= 11 is 0. The monoisotopic (exact) mass is 315 g/mol. The fraction of sp³-hybridized carbons (Fsp3) is 0.412. The molecule has 1 fully saturated rings. The first-order chi connectivity index (χ1) is 11.2. The summed E-state index contributed by atoms with van der Waals surface area (Å²) in [5, 5.41) is 9.60. The highest BCUT2D eigenvalue weighted by molar-refractivity contribution is 5.73. The second-order valence-electron chi connectivity index (χ2n) is 5.74. The minimum atomic E-state index is -0.228. The minimum Gasteiger partial charge on any atom is -0.376 e. The van der Waals surface area contributed by atoms with Crippen molar-refractivity contribution in [1.82, 2.24) is 15.8 Å². The first-order valence-corrected chi connectivity index (χ1v) is 7.86. The van der Waals surface area contributed by atoms with E-state index in [4.69, 9.17) is 9.26 Å². The first kappa shape index (κ1) is 15.6. The Bertz CT molecular complexity index is 645. The number of hydrogen-bond donors (Lipinski definition) is 2. The van der Waals surface area contributed by atoms with Gasteiger partial charge in [-0.25, -0.2) is 4.79 Å². The molecule has 1 aliphatic rings. The molecule has 2 aromatic rings. The molecule has 0 bridgehead atoms. The van der Waals surface area contributed by atoms with Crippen molar-refractivity contribution in [3.63, 3.8) is 0 Å². The maximum absolute atomic E-state index is 11.7. The Morgan fingerprint density at radius 3 is 2.87 bits per heavy atom. The maximum Gasteiger partial charge on any atom is 0.315 e. The summed E-state index contributed by atoms with van der Waals surface area (Å²) in [4.78, 5) is 11.7. The van der Waals surface area contributed by atoms with Gasteiger partial charge in [-0.1, -0.05) is 35.0 Å². The van der Waals surface area contributed by atoms with E-state index in [1.54, 1.807) is 0 Å². The van der Waals surface area contributed by atoms with Gasteiger partial charge < -0.3 is 19.9 Å². The number of nitrogens with one attached hydrogen (secondary N) is 2. The SMILES string of the molecule is Cc1ccc(-c2cc(CNC(=O)NC[C@H]3CCCO3)on2)cc1. The number of hydrogen-bond acceptors (Lipinski definition) is 4. The first-order valence-electron chi connectivity index (χ1n) is 7.86. The van der Waals surface area contributed by atoms with Crippen molar-refractivity contribution in [2.45, 2.75) is 32.4 Å². The molecule has 2 amide bonds. The van der Waals surface area contributed by atoms with Gasteiger partial charge in [-0.15, -0.1) is 0 Å². The molecule has 2 heterocycles.